The number of aromatic nitrogens is 4. The molecule has 4 atom stereocenters. The van der Waals surface area contributed by atoms with E-state index in [1.165, 1.54) is 0 Å². The molecule has 1 aliphatic heterocycles. The summed E-state index contributed by atoms with van der Waals surface area (Å²) in [6.07, 6.45) is 0.333. The second-order valence-electron chi connectivity index (χ2n) is 4.92. The Morgan fingerprint density at radius 2 is 1.94 bits per heavy atom. The Kier molecular flexibility index (Phi) is 2.75. The Balaban J connectivity index is 2.11. The molecule has 3 heterocycles. The fourth-order valence-corrected chi connectivity index (χ4v) is 2.84. The standard InChI is InChI=1S/C12H15ClN4O/c1-6-7(2)18-8(3)11(6)12-15-14-10-5-4-9(13)16-17(10)12/h4-8,11H,1-3H3. The predicted octanol–water partition coefficient (Wildman–Crippen LogP) is 2.30. The second-order valence-corrected chi connectivity index (χ2v) is 5.30. The van der Waals surface area contributed by atoms with Crippen LogP contribution in [0.2, 0.25) is 5.15 Å². The zero-order chi connectivity index (χ0) is 12.9. The molecule has 1 aliphatic rings. The van der Waals surface area contributed by atoms with Crippen molar-refractivity contribution in [1.29, 1.82) is 0 Å². The maximum atomic E-state index is 5.94. The SMILES string of the molecule is CC1OC(C)C(c2nnc3ccc(Cl)nn23)C1C. The molecule has 0 amide bonds. The molecule has 0 aliphatic carbocycles. The van der Waals surface area contributed by atoms with E-state index in [2.05, 4.69) is 36.1 Å². The van der Waals surface area contributed by atoms with Crippen molar-refractivity contribution in [3.63, 3.8) is 0 Å². The summed E-state index contributed by atoms with van der Waals surface area (Å²) in [7, 11) is 0. The van der Waals surface area contributed by atoms with E-state index in [4.69, 9.17) is 16.3 Å². The summed E-state index contributed by atoms with van der Waals surface area (Å²) < 4.78 is 7.57. The number of rotatable bonds is 1. The number of halogens is 1. The van der Waals surface area contributed by atoms with Crippen LogP contribution in [-0.2, 0) is 4.74 Å². The molecule has 0 radical (unpaired) electrons. The average Bonchev–Trinajstić information content (AvgIpc) is 2.82. The smallest absolute Gasteiger partial charge is 0.178 e. The lowest BCUT2D eigenvalue weighted by molar-refractivity contribution is 0.0552. The average molecular weight is 267 g/mol. The molecular weight excluding hydrogens is 252 g/mol. The van der Waals surface area contributed by atoms with Crippen LogP contribution < -0.4 is 0 Å². The van der Waals surface area contributed by atoms with E-state index in [0.717, 1.165) is 5.82 Å². The Morgan fingerprint density at radius 3 is 2.61 bits per heavy atom. The molecule has 5 nitrogen and oxygen atoms in total. The molecule has 3 rings (SSSR count). The topological polar surface area (TPSA) is 52.3 Å². The van der Waals surface area contributed by atoms with E-state index in [1.807, 2.05) is 6.07 Å². The highest BCUT2D eigenvalue weighted by Gasteiger charge is 2.40. The fourth-order valence-electron chi connectivity index (χ4n) is 2.70. The first kappa shape index (κ1) is 11.9. The van der Waals surface area contributed by atoms with Gasteiger partial charge in [-0.3, -0.25) is 0 Å². The van der Waals surface area contributed by atoms with E-state index in [-0.39, 0.29) is 18.1 Å². The highest BCUT2D eigenvalue weighted by molar-refractivity contribution is 6.29. The third kappa shape index (κ3) is 1.69. The molecule has 18 heavy (non-hydrogen) atoms. The van der Waals surface area contributed by atoms with E-state index in [0.29, 0.717) is 16.7 Å². The molecule has 0 aromatic carbocycles. The molecule has 1 fully saturated rings. The molecule has 2 aromatic rings. The van der Waals surface area contributed by atoms with Gasteiger partial charge >= 0.3 is 0 Å². The summed E-state index contributed by atoms with van der Waals surface area (Å²) in [5.74, 6) is 1.41. The van der Waals surface area contributed by atoms with Gasteiger partial charge in [0.2, 0.25) is 0 Å². The van der Waals surface area contributed by atoms with Crippen molar-refractivity contribution in [2.45, 2.75) is 38.9 Å². The van der Waals surface area contributed by atoms with Gasteiger partial charge in [0.05, 0.1) is 18.1 Å². The minimum Gasteiger partial charge on any atom is -0.374 e. The molecule has 0 spiro atoms. The van der Waals surface area contributed by atoms with Crippen LogP contribution in [0.1, 0.15) is 32.5 Å². The third-order valence-electron chi connectivity index (χ3n) is 3.79. The van der Waals surface area contributed by atoms with Crippen molar-refractivity contribution in [2.24, 2.45) is 5.92 Å². The third-order valence-corrected chi connectivity index (χ3v) is 4.00. The zero-order valence-electron chi connectivity index (χ0n) is 10.5. The summed E-state index contributed by atoms with van der Waals surface area (Å²) >= 11 is 5.94. The van der Waals surface area contributed by atoms with Crippen LogP contribution in [0, 0.1) is 5.92 Å². The summed E-state index contributed by atoms with van der Waals surface area (Å²) in [5, 5.41) is 13.1. The molecule has 0 bridgehead atoms. The van der Waals surface area contributed by atoms with E-state index < -0.39 is 0 Å². The van der Waals surface area contributed by atoms with Crippen LogP contribution in [0.5, 0.6) is 0 Å². The Labute approximate surface area is 110 Å². The van der Waals surface area contributed by atoms with Gasteiger partial charge in [-0.25, -0.2) is 0 Å². The molecule has 0 saturated carbocycles. The highest BCUT2D eigenvalue weighted by Crippen LogP contribution is 2.38. The van der Waals surface area contributed by atoms with Crippen molar-refractivity contribution >= 4 is 17.2 Å². The van der Waals surface area contributed by atoms with Gasteiger partial charge in [-0.2, -0.15) is 9.61 Å². The molecule has 4 unspecified atom stereocenters. The molecular formula is C12H15ClN4O. The first-order chi connectivity index (χ1) is 8.58. The van der Waals surface area contributed by atoms with Crippen molar-refractivity contribution in [3.05, 3.63) is 23.1 Å². The zero-order valence-corrected chi connectivity index (χ0v) is 11.3. The summed E-state index contributed by atoms with van der Waals surface area (Å²) in [6.45, 7) is 6.32. The van der Waals surface area contributed by atoms with Crippen molar-refractivity contribution in [1.82, 2.24) is 19.8 Å². The van der Waals surface area contributed by atoms with Gasteiger partial charge in [-0.15, -0.1) is 10.2 Å². The molecule has 96 valence electrons. The lowest BCUT2D eigenvalue weighted by Crippen LogP contribution is -2.18. The minimum absolute atomic E-state index is 0.114. The first-order valence-electron chi connectivity index (χ1n) is 6.11. The first-order valence-corrected chi connectivity index (χ1v) is 6.49. The molecule has 6 heteroatoms. The lowest BCUT2D eigenvalue weighted by Gasteiger charge is -2.15. The van der Waals surface area contributed by atoms with Crippen LogP contribution >= 0.6 is 11.6 Å². The van der Waals surface area contributed by atoms with Crippen molar-refractivity contribution < 1.29 is 4.74 Å². The van der Waals surface area contributed by atoms with Gasteiger partial charge in [0.15, 0.2) is 11.5 Å². The highest BCUT2D eigenvalue weighted by atomic mass is 35.5. The summed E-state index contributed by atoms with van der Waals surface area (Å²) in [5.41, 5.74) is 0.716. The monoisotopic (exact) mass is 266 g/mol. The maximum absolute atomic E-state index is 5.94. The quantitative estimate of drug-likeness (QED) is 0.795. The number of hydrogen-bond acceptors (Lipinski definition) is 4. The van der Waals surface area contributed by atoms with Crippen LogP contribution in [0.4, 0.5) is 0 Å². The number of hydrogen-bond donors (Lipinski definition) is 0. The normalized spacial score (nSPS) is 32.2. The van der Waals surface area contributed by atoms with Crippen molar-refractivity contribution in [2.75, 3.05) is 0 Å². The van der Waals surface area contributed by atoms with Crippen LogP contribution in [-0.4, -0.2) is 32.0 Å². The summed E-state index contributed by atoms with van der Waals surface area (Å²) in [6, 6.07) is 3.54. The molecule has 0 N–H and O–H groups in total. The van der Waals surface area contributed by atoms with Gasteiger partial charge < -0.3 is 4.74 Å². The predicted molar refractivity (Wildman–Crippen MR) is 67.7 cm³/mol. The molecule has 1 saturated heterocycles. The Bertz CT molecular complexity index is 584. The van der Waals surface area contributed by atoms with E-state index in [9.17, 15) is 0 Å². The molecule has 2 aromatic heterocycles. The second kappa shape index (κ2) is 4.17. The number of fused-ring (bicyclic) bond motifs is 1. The lowest BCUT2D eigenvalue weighted by atomic mass is 9.89. The van der Waals surface area contributed by atoms with Crippen molar-refractivity contribution in [3.8, 4) is 0 Å². The van der Waals surface area contributed by atoms with Crippen LogP contribution in [0.15, 0.2) is 12.1 Å². The van der Waals surface area contributed by atoms with Gasteiger partial charge in [-0.1, -0.05) is 18.5 Å². The number of ether oxygens (including phenoxy) is 1. The summed E-state index contributed by atoms with van der Waals surface area (Å²) in [4.78, 5) is 0. The maximum Gasteiger partial charge on any atom is 0.178 e. The largest absolute Gasteiger partial charge is 0.374 e. The van der Waals surface area contributed by atoms with Gasteiger partial charge in [0.25, 0.3) is 0 Å². The van der Waals surface area contributed by atoms with E-state index >= 15 is 0 Å². The van der Waals surface area contributed by atoms with Crippen LogP contribution in [0.3, 0.4) is 0 Å². The fraction of sp³-hybridized carbons (Fsp3) is 0.583. The van der Waals surface area contributed by atoms with Gasteiger partial charge in [-0.05, 0) is 31.9 Å². The van der Waals surface area contributed by atoms with E-state index in [1.54, 1.807) is 10.6 Å². The Morgan fingerprint density at radius 1 is 1.17 bits per heavy atom. The Hall–Kier alpha value is -1.20. The van der Waals surface area contributed by atoms with Gasteiger partial charge in [0.1, 0.15) is 5.15 Å². The van der Waals surface area contributed by atoms with Gasteiger partial charge in [0, 0.05) is 0 Å². The van der Waals surface area contributed by atoms with Crippen LogP contribution in [0.25, 0.3) is 5.65 Å². The minimum atomic E-state index is 0.114. The number of nitrogens with zero attached hydrogens (tertiary/aromatic N) is 4.